The van der Waals surface area contributed by atoms with Crippen LogP contribution in [-0.4, -0.2) is 26.3 Å². The van der Waals surface area contributed by atoms with Gasteiger partial charge >= 0.3 is 5.97 Å². The number of ether oxygens (including phenoxy) is 4. The van der Waals surface area contributed by atoms with Crippen molar-refractivity contribution in [1.82, 2.24) is 0 Å². The van der Waals surface area contributed by atoms with Crippen molar-refractivity contribution in [2.45, 2.75) is 45.1 Å². The van der Waals surface area contributed by atoms with E-state index in [1.807, 2.05) is 56.3 Å². The number of hydrogen-bond donors (Lipinski definition) is 0. The third-order valence-corrected chi connectivity index (χ3v) is 7.15. The average Bonchev–Trinajstić information content (AvgIpc) is 3.48. The molecule has 0 fully saturated rings. The van der Waals surface area contributed by atoms with Crippen LogP contribution in [0.1, 0.15) is 52.7 Å². The summed E-state index contributed by atoms with van der Waals surface area (Å²) < 4.78 is 37.6. The zero-order valence-electron chi connectivity index (χ0n) is 21.1. The average molecular weight is 502 g/mol. The van der Waals surface area contributed by atoms with Crippen molar-refractivity contribution in [2.75, 3.05) is 20.3 Å². The van der Waals surface area contributed by atoms with E-state index in [0.29, 0.717) is 42.3 Å². The van der Waals surface area contributed by atoms with E-state index in [9.17, 15) is 4.79 Å². The largest absolute Gasteiger partial charge is 0.492 e. The number of hydrogen-bond acceptors (Lipinski definition) is 6. The molecule has 0 bridgehead atoms. The maximum atomic E-state index is 15.2. The minimum Gasteiger partial charge on any atom is -0.492 e. The van der Waals surface area contributed by atoms with Gasteiger partial charge in [-0.3, -0.25) is 4.79 Å². The van der Waals surface area contributed by atoms with Crippen molar-refractivity contribution < 1.29 is 28.1 Å². The van der Waals surface area contributed by atoms with E-state index in [4.69, 9.17) is 24.2 Å². The molecule has 1 aliphatic heterocycles. The second-order valence-corrected chi connectivity index (χ2v) is 9.50. The summed E-state index contributed by atoms with van der Waals surface area (Å²) in [6.07, 6.45) is 1.20. The molecule has 0 N–H and O–H groups in total. The predicted octanol–water partition coefficient (Wildman–Crippen LogP) is 6.12. The highest BCUT2D eigenvalue weighted by Gasteiger charge is 2.32. The minimum atomic E-state index is -0.417. The van der Waals surface area contributed by atoms with Gasteiger partial charge in [0.15, 0.2) is 6.61 Å². The topological polar surface area (TPSA) is 77.8 Å². The van der Waals surface area contributed by atoms with Gasteiger partial charge < -0.3 is 18.9 Å². The molecule has 37 heavy (non-hydrogen) atoms. The SMILES string of the molecule is COC(=O)CC1COc2cc(O[C@@H]3CCc4c(-c5c(C)cc(OCC#N)cc5C)ccc(F)c43)ccc21. The van der Waals surface area contributed by atoms with E-state index >= 15 is 4.39 Å². The number of nitrogens with zero attached hydrogens (tertiary/aromatic N) is 1. The fraction of sp³-hybridized carbons (Fsp3) is 0.333. The third-order valence-electron chi connectivity index (χ3n) is 7.15. The number of nitriles is 1. The summed E-state index contributed by atoms with van der Waals surface area (Å²) in [5.74, 6) is 1.33. The van der Waals surface area contributed by atoms with Crippen LogP contribution in [-0.2, 0) is 16.0 Å². The number of carbonyl (C=O) groups excluding carboxylic acids is 1. The maximum Gasteiger partial charge on any atom is 0.306 e. The molecule has 6 nitrogen and oxygen atoms in total. The molecule has 2 aliphatic rings. The summed E-state index contributed by atoms with van der Waals surface area (Å²) in [7, 11) is 1.38. The molecule has 190 valence electrons. The summed E-state index contributed by atoms with van der Waals surface area (Å²) in [5.41, 5.74) is 6.54. The smallest absolute Gasteiger partial charge is 0.306 e. The van der Waals surface area contributed by atoms with Gasteiger partial charge in [-0.2, -0.15) is 5.26 Å². The molecule has 3 aromatic carbocycles. The first kappa shape index (κ1) is 24.6. The van der Waals surface area contributed by atoms with Gasteiger partial charge in [0.1, 0.15) is 35.2 Å². The molecular weight excluding hydrogens is 473 g/mol. The van der Waals surface area contributed by atoms with Crippen molar-refractivity contribution >= 4 is 5.97 Å². The van der Waals surface area contributed by atoms with Gasteiger partial charge in [0.25, 0.3) is 0 Å². The number of methoxy groups -OCH3 is 1. The number of rotatable bonds is 7. The van der Waals surface area contributed by atoms with Crippen LogP contribution in [0.5, 0.6) is 17.2 Å². The molecule has 0 amide bonds. The van der Waals surface area contributed by atoms with E-state index < -0.39 is 6.10 Å². The first-order valence-electron chi connectivity index (χ1n) is 12.3. The van der Waals surface area contributed by atoms with Crippen molar-refractivity contribution in [1.29, 1.82) is 5.26 Å². The number of halogens is 1. The highest BCUT2D eigenvalue weighted by molar-refractivity contribution is 5.76. The third kappa shape index (κ3) is 4.72. The predicted molar refractivity (Wildman–Crippen MR) is 135 cm³/mol. The van der Waals surface area contributed by atoms with Crippen LogP contribution < -0.4 is 14.2 Å². The molecule has 7 heteroatoms. The van der Waals surface area contributed by atoms with Gasteiger partial charge in [0.05, 0.1) is 20.1 Å². The van der Waals surface area contributed by atoms with Crippen LogP contribution in [0.4, 0.5) is 4.39 Å². The molecule has 1 aliphatic carbocycles. The lowest BCUT2D eigenvalue weighted by atomic mass is 9.90. The fourth-order valence-corrected chi connectivity index (χ4v) is 5.52. The number of benzene rings is 3. The first-order valence-corrected chi connectivity index (χ1v) is 12.3. The van der Waals surface area contributed by atoms with E-state index in [2.05, 4.69) is 0 Å². The van der Waals surface area contributed by atoms with Crippen molar-refractivity contribution in [2.24, 2.45) is 0 Å². The standard InChI is InChI=1S/C30H28FNO5/c1-17-12-21(35-11-10-32)13-18(2)29(17)23-6-8-25(31)30-24(23)7-9-26(30)37-20-4-5-22-19(14-28(33)34-3)16-36-27(22)15-20/h4-6,8,12-13,15,19,26H,7,9,11,14,16H2,1-3H3/t19?,26-/m1/s1. The van der Waals surface area contributed by atoms with Crippen LogP contribution >= 0.6 is 0 Å². The Bertz CT molecular complexity index is 1390. The van der Waals surface area contributed by atoms with Gasteiger partial charge in [-0.15, -0.1) is 0 Å². The molecule has 0 aromatic heterocycles. The van der Waals surface area contributed by atoms with E-state index in [0.717, 1.165) is 33.4 Å². The van der Waals surface area contributed by atoms with Gasteiger partial charge in [-0.25, -0.2) is 4.39 Å². The Kier molecular flexibility index (Phi) is 6.75. The molecular formula is C30H28FNO5. The Morgan fingerprint density at radius 3 is 2.65 bits per heavy atom. The second-order valence-electron chi connectivity index (χ2n) is 9.50. The van der Waals surface area contributed by atoms with Crippen LogP contribution in [0.25, 0.3) is 11.1 Å². The maximum absolute atomic E-state index is 15.2. The minimum absolute atomic E-state index is 0.0111. The Balaban J connectivity index is 1.42. The Morgan fingerprint density at radius 1 is 1.14 bits per heavy atom. The van der Waals surface area contributed by atoms with Crippen molar-refractivity contribution in [3.05, 3.63) is 76.1 Å². The van der Waals surface area contributed by atoms with E-state index in [-0.39, 0.29) is 30.7 Å². The zero-order valence-corrected chi connectivity index (χ0v) is 21.1. The van der Waals surface area contributed by atoms with E-state index in [1.54, 1.807) is 0 Å². The Hall–Kier alpha value is -4.05. The first-order chi connectivity index (χ1) is 17.9. The highest BCUT2D eigenvalue weighted by atomic mass is 19.1. The second kappa shape index (κ2) is 10.1. The van der Waals surface area contributed by atoms with Gasteiger partial charge in [-0.1, -0.05) is 12.1 Å². The summed E-state index contributed by atoms with van der Waals surface area (Å²) in [5, 5.41) is 8.81. The van der Waals surface area contributed by atoms with Crippen LogP contribution in [0.15, 0.2) is 42.5 Å². The molecule has 5 rings (SSSR count). The van der Waals surface area contributed by atoms with Crippen LogP contribution in [0, 0.1) is 31.0 Å². The fourth-order valence-electron chi connectivity index (χ4n) is 5.52. The molecule has 2 atom stereocenters. The molecule has 1 heterocycles. The van der Waals surface area contributed by atoms with Crippen molar-refractivity contribution in [3.8, 4) is 34.4 Å². The summed E-state index contributed by atoms with van der Waals surface area (Å²) in [6, 6.07) is 14.8. The lowest BCUT2D eigenvalue weighted by Gasteiger charge is -2.19. The van der Waals surface area contributed by atoms with Crippen molar-refractivity contribution in [3.63, 3.8) is 0 Å². The Morgan fingerprint density at radius 2 is 1.92 bits per heavy atom. The zero-order chi connectivity index (χ0) is 26.1. The molecule has 3 aromatic rings. The Labute approximate surface area is 215 Å². The molecule has 1 unspecified atom stereocenters. The van der Waals surface area contributed by atoms with Crippen LogP contribution in [0.3, 0.4) is 0 Å². The number of fused-ring (bicyclic) bond motifs is 2. The summed E-state index contributed by atoms with van der Waals surface area (Å²) >= 11 is 0. The number of aryl methyl sites for hydroxylation is 2. The molecule has 0 saturated carbocycles. The lowest BCUT2D eigenvalue weighted by Crippen LogP contribution is -2.09. The monoisotopic (exact) mass is 501 g/mol. The number of carbonyl (C=O) groups is 1. The summed E-state index contributed by atoms with van der Waals surface area (Å²) in [4.78, 5) is 11.7. The van der Waals surface area contributed by atoms with Crippen LogP contribution in [0.2, 0.25) is 0 Å². The van der Waals surface area contributed by atoms with Gasteiger partial charge in [-0.05, 0) is 78.8 Å². The number of esters is 1. The highest BCUT2D eigenvalue weighted by Crippen LogP contribution is 2.45. The molecule has 0 saturated heterocycles. The normalized spacial score (nSPS) is 17.4. The van der Waals surface area contributed by atoms with Gasteiger partial charge in [0.2, 0.25) is 0 Å². The lowest BCUT2D eigenvalue weighted by molar-refractivity contribution is -0.141. The summed E-state index contributed by atoms with van der Waals surface area (Å²) in [6.45, 7) is 4.40. The molecule has 0 radical (unpaired) electrons. The quantitative estimate of drug-likeness (QED) is 0.363. The van der Waals surface area contributed by atoms with Gasteiger partial charge in [0, 0.05) is 23.1 Å². The molecule has 0 spiro atoms. The van der Waals surface area contributed by atoms with E-state index in [1.165, 1.54) is 13.2 Å².